The van der Waals surface area contributed by atoms with Crippen LogP contribution in [0.15, 0.2) is 18.2 Å². The topological polar surface area (TPSA) is 71.0 Å². The van der Waals surface area contributed by atoms with E-state index in [-0.39, 0.29) is 0 Å². The van der Waals surface area contributed by atoms with Crippen LogP contribution in [0.3, 0.4) is 0 Å². The molecule has 0 aliphatic rings. The van der Waals surface area contributed by atoms with Crippen molar-refractivity contribution >= 4 is 5.69 Å². The smallest absolute Gasteiger partial charge is 0.0992 e. The Morgan fingerprint density at radius 3 is 2.45 bits per heavy atom. The SMILES string of the molecule is CC(C)CN(CCC#N)c1cc(C#N)ccc1[C@H](C)O. The van der Waals surface area contributed by atoms with Crippen LogP contribution in [0.25, 0.3) is 0 Å². The van der Waals surface area contributed by atoms with Gasteiger partial charge in [0.25, 0.3) is 0 Å². The maximum absolute atomic E-state index is 9.90. The Hall–Kier alpha value is -2.04. The van der Waals surface area contributed by atoms with Gasteiger partial charge in [-0.25, -0.2) is 0 Å². The van der Waals surface area contributed by atoms with E-state index in [2.05, 4.69) is 30.9 Å². The quantitative estimate of drug-likeness (QED) is 0.863. The Morgan fingerprint density at radius 1 is 1.25 bits per heavy atom. The molecule has 1 N–H and O–H groups in total. The molecule has 0 heterocycles. The van der Waals surface area contributed by atoms with Crippen molar-refractivity contribution in [3.8, 4) is 12.1 Å². The van der Waals surface area contributed by atoms with E-state index in [1.54, 1.807) is 25.1 Å². The van der Waals surface area contributed by atoms with E-state index in [4.69, 9.17) is 10.5 Å². The molecule has 0 spiro atoms. The highest BCUT2D eigenvalue weighted by molar-refractivity contribution is 5.58. The summed E-state index contributed by atoms with van der Waals surface area (Å²) in [6.07, 6.45) is -0.183. The molecule has 0 amide bonds. The Kier molecular flexibility index (Phi) is 6.03. The number of nitrogens with zero attached hydrogens (tertiary/aromatic N) is 3. The Balaban J connectivity index is 3.21. The number of anilines is 1. The van der Waals surface area contributed by atoms with Crippen LogP contribution in [0.4, 0.5) is 5.69 Å². The summed E-state index contributed by atoms with van der Waals surface area (Å²) in [7, 11) is 0. The van der Waals surface area contributed by atoms with Gasteiger partial charge < -0.3 is 10.0 Å². The first-order valence-corrected chi connectivity index (χ1v) is 6.83. The zero-order valence-electron chi connectivity index (χ0n) is 12.3. The van der Waals surface area contributed by atoms with Gasteiger partial charge in [0, 0.05) is 24.3 Å². The van der Waals surface area contributed by atoms with Gasteiger partial charge in [-0.15, -0.1) is 0 Å². The molecule has 0 radical (unpaired) electrons. The predicted octanol–water partition coefficient (Wildman–Crippen LogP) is 2.99. The summed E-state index contributed by atoms with van der Waals surface area (Å²) in [6, 6.07) is 9.57. The molecule has 106 valence electrons. The number of hydrogen-bond donors (Lipinski definition) is 1. The number of hydrogen-bond acceptors (Lipinski definition) is 4. The molecule has 0 aliphatic carbocycles. The summed E-state index contributed by atoms with van der Waals surface area (Å²) in [5.41, 5.74) is 2.21. The fourth-order valence-electron chi connectivity index (χ4n) is 2.18. The van der Waals surface area contributed by atoms with Crippen molar-refractivity contribution < 1.29 is 5.11 Å². The van der Waals surface area contributed by atoms with E-state index in [0.29, 0.717) is 24.4 Å². The highest BCUT2D eigenvalue weighted by Crippen LogP contribution is 2.28. The second-order valence-electron chi connectivity index (χ2n) is 5.31. The number of aliphatic hydroxyl groups excluding tert-OH is 1. The van der Waals surface area contributed by atoms with Crippen LogP contribution >= 0.6 is 0 Å². The van der Waals surface area contributed by atoms with Crippen molar-refractivity contribution in [3.05, 3.63) is 29.3 Å². The van der Waals surface area contributed by atoms with Gasteiger partial charge in [0.05, 0.1) is 30.2 Å². The number of nitriles is 2. The van der Waals surface area contributed by atoms with Gasteiger partial charge in [-0.05, 0) is 25.0 Å². The normalized spacial score (nSPS) is 11.8. The Morgan fingerprint density at radius 2 is 1.95 bits per heavy atom. The molecule has 0 fully saturated rings. The average molecular weight is 271 g/mol. The Labute approximate surface area is 120 Å². The standard InChI is InChI=1S/C16H21N3O/c1-12(2)11-19(8-4-7-17)16-9-14(10-18)5-6-15(16)13(3)20/h5-6,9,12-13,20H,4,8,11H2,1-3H3/t13-/m0/s1. The minimum Gasteiger partial charge on any atom is -0.389 e. The van der Waals surface area contributed by atoms with E-state index in [9.17, 15) is 5.11 Å². The lowest BCUT2D eigenvalue weighted by atomic mass is 10.0. The minimum atomic E-state index is -0.602. The second-order valence-corrected chi connectivity index (χ2v) is 5.31. The van der Waals surface area contributed by atoms with Gasteiger partial charge in [0.15, 0.2) is 0 Å². The molecular weight excluding hydrogens is 250 g/mol. The molecule has 20 heavy (non-hydrogen) atoms. The molecule has 4 nitrogen and oxygen atoms in total. The van der Waals surface area contributed by atoms with Crippen molar-refractivity contribution in [2.24, 2.45) is 5.92 Å². The largest absolute Gasteiger partial charge is 0.389 e. The number of aliphatic hydroxyl groups is 1. The van der Waals surface area contributed by atoms with E-state index in [0.717, 1.165) is 17.8 Å². The van der Waals surface area contributed by atoms with Crippen LogP contribution in [-0.4, -0.2) is 18.2 Å². The molecule has 0 saturated carbocycles. The zero-order valence-corrected chi connectivity index (χ0v) is 12.3. The summed E-state index contributed by atoms with van der Waals surface area (Å²) >= 11 is 0. The minimum absolute atomic E-state index is 0.419. The Bertz CT molecular complexity index is 524. The molecule has 0 bridgehead atoms. The van der Waals surface area contributed by atoms with Crippen LogP contribution in [0.2, 0.25) is 0 Å². The third-order valence-corrected chi connectivity index (χ3v) is 3.03. The summed E-state index contributed by atoms with van der Waals surface area (Å²) in [5, 5.41) is 27.7. The number of benzene rings is 1. The lowest BCUT2D eigenvalue weighted by Crippen LogP contribution is -2.29. The molecule has 1 aromatic rings. The van der Waals surface area contributed by atoms with E-state index in [1.165, 1.54) is 0 Å². The van der Waals surface area contributed by atoms with Crippen LogP contribution in [0.5, 0.6) is 0 Å². The monoisotopic (exact) mass is 271 g/mol. The van der Waals surface area contributed by atoms with Crippen LogP contribution in [-0.2, 0) is 0 Å². The molecule has 0 saturated heterocycles. The first-order chi connectivity index (χ1) is 9.49. The van der Waals surface area contributed by atoms with Crippen LogP contribution < -0.4 is 4.90 Å². The van der Waals surface area contributed by atoms with E-state index >= 15 is 0 Å². The van der Waals surface area contributed by atoms with Gasteiger partial charge in [-0.3, -0.25) is 0 Å². The lowest BCUT2D eigenvalue weighted by molar-refractivity contribution is 0.199. The van der Waals surface area contributed by atoms with Crippen molar-refractivity contribution in [1.82, 2.24) is 0 Å². The first-order valence-electron chi connectivity index (χ1n) is 6.83. The summed E-state index contributed by atoms with van der Waals surface area (Å²) in [6.45, 7) is 7.31. The third-order valence-electron chi connectivity index (χ3n) is 3.03. The average Bonchev–Trinajstić information content (AvgIpc) is 2.42. The predicted molar refractivity (Wildman–Crippen MR) is 79.1 cm³/mol. The molecule has 0 aromatic heterocycles. The van der Waals surface area contributed by atoms with E-state index in [1.807, 2.05) is 0 Å². The lowest BCUT2D eigenvalue weighted by Gasteiger charge is -2.29. The van der Waals surface area contributed by atoms with Crippen LogP contribution in [0.1, 0.15) is 44.4 Å². The first kappa shape index (κ1) is 16.0. The summed E-state index contributed by atoms with van der Waals surface area (Å²) in [4.78, 5) is 2.08. The highest BCUT2D eigenvalue weighted by atomic mass is 16.3. The molecule has 0 aliphatic heterocycles. The van der Waals surface area contributed by atoms with E-state index < -0.39 is 6.10 Å². The summed E-state index contributed by atoms with van der Waals surface area (Å²) < 4.78 is 0. The van der Waals surface area contributed by atoms with Crippen LogP contribution in [0, 0.1) is 28.6 Å². The van der Waals surface area contributed by atoms with Crippen molar-refractivity contribution in [1.29, 1.82) is 10.5 Å². The maximum atomic E-state index is 9.90. The number of rotatable bonds is 6. The fourth-order valence-corrected chi connectivity index (χ4v) is 2.18. The molecule has 0 unspecified atom stereocenters. The zero-order chi connectivity index (χ0) is 15.1. The van der Waals surface area contributed by atoms with Gasteiger partial charge in [-0.2, -0.15) is 10.5 Å². The molecular formula is C16H21N3O. The second kappa shape index (κ2) is 7.53. The molecule has 1 rings (SSSR count). The molecule has 1 aromatic carbocycles. The molecule has 1 atom stereocenters. The van der Waals surface area contributed by atoms with Crippen molar-refractivity contribution in [2.45, 2.75) is 33.3 Å². The highest BCUT2D eigenvalue weighted by Gasteiger charge is 2.16. The van der Waals surface area contributed by atoms with Gasteiger partial charge in [-0.1, -0.05) is 19.9 Å². The molecule has 4 heteroatoms. The summed E-state index contributed by atoms with van der Waals surface area (Å²) in [5.74, 6) is 0.432. The van der Waals surface area contributed by atoms with Crippen molar-refractivity contribution in [2.75, 3.05) is 18.0 Å². The fraction of sp³-hybridized carbons (Fsp3) is 0.500. The van der Waals surface area contributed by atoms with Gasteiger partial charge in [0.2, 0.25) is 0 Å². The van der Waals surface area contributed by atoms with Gasteiger partial charge in [0.1, 0.15) is 0 Å². The van der Waals surface area contributed by atoms with Gasteiger partial charge >= 0.3 is 0 Å². The maximum Gasteiger partial charge on any atom is 0.0992 e. The van der Waals surface area contributed by atoms with Crippen molar-refractivity contribution in [3.63, 3.8) is 0 Å². The third kappa shape index (κ3) is 4.26.